The third kappa shape index (κ3) is 3.97. The number of hydrogen-bond donors (Lipinski definition) is 1. The van der Waals surface area contributed by atoms with Gasteiger partial charge in [-0.15, -0.1) is 0 Å². The van der Waals surface area contributed by atoms with E-state index < -0.39 is 10.0 Å². The second-order valence-electron chi connectivity index (χ2n) is 7.21. The fourth-order valence-electron chi connectivity index (χ4n) is 3.39. The van der Waals surface area contributed by atoms with Gasteiger partial charge in [-0.1, -0.05) is 19.4 Å². The van der Waals surface area contributed by atoms with E-state index >= 15 is 0 Å². The van der Waals surface area contributed by atoms with Gasteiger partial charge in [0, 0.05) is 32.0 Å². The largest absolute Gasteiger partial charge is 0.495 e. The normalized spacial score (nSPS) is 14.4. The van der Waals surface area contributed by atoms with Crippen molar-refractivity contribution in [3.05, 3.63) is 23.9 Å². The number of amides is 1. The van der Waals surface area contributed by atoms with Crippen LogP contribution in [0.2, 0.25) is 0 Å². The van der Waals surface area contributed by atoms with E-state index in [1.54, 1.807) is 19.1 Å². The van der Waals surface area contributed by atoms with Gasteiger partial charge in [-0.25, -0.2) is 12.7 Å². The molecular weight excluding hydrogens is 408 g/mol. The van der Waals surface area contributed by atoms with Crippen molar-refractivity contribution in [1.29, 1.82) is 0 Å². The van der Waals surface area contributed by atoms with Crippen LogP contribution in [-0.4, -0.2) is 55.0 Å². The first-order chi connectivity index (χ1) is 14.2. The highest BCUT2D eigenvalue weighted by molar-refractivity contribution is 7.89. The Morgan fingerprint density at radius 1 is 1.27 bits per heavy atom. The SMILES string of the molecule is CCCCN(C)S(=O)(=O)c1cc(-c2c(C)nn3c2NC(=O)CCC3=O)ccc1OC. The molecule has 0 unspecified atom stereocenters. The molecule has 2 aromatic rings. The number of methoxy groups -OCH3 is 1. The Kier molecular flexibility index (Phi) is 6.27. The maximum Gasteiger partial charge on any atom is 0.249 e. The monoisotopic (exact) mass is 434 g/mol. The van der Waals surface area contributed by atoms with Gasteiger partial charge in [0.15, 0.2) is 0 Å². The van der Waals surface area contributed by atoms with Gasteiger partial charge < -0.3 is 10.1 Å². The number of carbonyl (C=O) groups excluding carboxylic acids is 2. The number of fused-ring (bicyclic) bond motifs is 1. The molecule has 10 heteroatoms. The van der Waals surface area contributed by atoms with E-state index in [0.29, 0.717) is 23.4 Å². The number of unbranched alkanes of at least 4 members (excludes halogenated alkanes) is 1. The average Bonchev–Trinajstić information content (AvgIpc) is 2.98. The van der Waals surface area contributed by atoms with Crippen LogP contribution in [0.4, 0.5) is 5.82 Å². The van der Waals surface area contributed by atoms with Crippen molar-refractivity contribution in [3.63, 3.8) is 0 Å². The third-order valence-corrected chi connectivity index (χ3v) is 6.97. The van der Waals surface area contributed by atoms with Crippen molar-refractivity contribution in [2.75, 3.05) is 26.0 Å². The second-order valence-corrected chi connectivity index (χ2v) is 9.22. The van der Waals surface area contributed by atoms with Crippen LogP contribution in [-0.2, 0) is 14.8 Å². The number of sulfonamides is 1. The zero-order valence-corrected chi connectivity index (χ0v) is 18.4. The predicted octanol–water partition coefficient (Wildman–Crippen LogP) is 2.66. The number of nitrogens with one attached hydrogen (secondary N) is 1. The van der Waals surface area contributed by atoms with Crippen LogP contribution < -0.4 is 10.1 Å². The van der Waals surface area contributed by atoms with Gasteiger partial charge in [-0.3, -0.25) is 9.59 Å². The van der Waals surface area contributed by atoms with Gasteiger partial charge in [0.05, 0.1) is 12.8 Å². The molecule has 0 aliphatic carbocycles. The fourth-order valence-corrected chi connectivity index (χ4v) is 4.78. The van der Waals surface area contributed by atoms with Crippen molar-refractivity contribution in [2.45, 2.75) is 44.4 Å². The molecule has 1 aromatic carbocycles. The van der Waals surface area contributed by atoms with E-state index in [1.807, 2.05) is 6.92 Å². The van der Waals surface area contributed by atoms with Gasteiger partial charge in [0.1, 0.15) is 16.5 Å². The number of rotatable bonds is 7. The highest BCUT2D eigenvalue weighted by Crippen LogP contribution is 2.37. The zero-order chi connectivity index (χ0) is 22.1. The number of benzene rings is 1. The van der Waals surface area contributed by atoms with Crippen LogP contribution in [0.25, 0.3) is 11.1 Å². The van der Waals surface area contributed by atoms with Gasteiger partial charge in [-0.05, 0) is 31.0 Å². The van der Waals surface area contributed by atoms with E-state index in [0.717, 1.165) is 12.8 Å². The molecule has 0 atom stereocenters. The first kappa shape index (κ1) is 22.0. The summed E-state index contributed by atoms with van der Waals surface area (Å²) in [6, 6.07) is 4.76. The highest BCUT2D eigenvalue weighted by atomic mass is 32.2. The maximum atomic E-state index is 13.2. The molecule has 0 bridgehead atoms. The summed E-state index contributed by atoms with van der Waals surface area (Å²) in [6.45, 7) is 4.09. The first-order valence-corrected chi connectivity index (χ1v) is 11.2. The van der Waals surface area contributed by atoms with Crippen LogP contribution in [0.5, 0.6) is 5.75 Å². The molecular formula is C20H26N4O5S. The molecule has 0 saturated heterocycles. The molecule has 162 valence electrons. The molecule has 1 aliphatic heterocycles. The molecule has 30 heavy (non-hydrogen) atoms. The highest BCUT2D eigenvalue weighted by Gasteiger charge is 2.29. The molecule has 0 saturated carbocycles. The summed E-state index contributed by atoms with van der Waals surface area (Å²) in [7, 11) is -0.856. The quantitative estimate of drug-likeness (QED) is 0.717. The van der Waals surface area contributed by atoms with E-state index in [4.69, 9.17) is 4.74 Å². The Morgan fingerprint density at radius 2 is 2.00 bits per heavy atom. The van der Waals surface area contributed by atoms with Gasteiger partial charge in [0.2, 0.25) is 21.8 Å². The lowest BCUT2D eigenvalue weighted by Gasteiger charge is -2.19. The van der Waals surface area contributed by atoms with Crippen molar-refractivity contribution in [3.8, 4) is 16.9 Å². The molecule has 1 N–H and O–H groups in total. The second kappa shape index (κ2) is 8.57. The summed E-state index contributed by atoms with van der Waals surface area (Å²) in [5, 5.41) is 7.00. The van der Waals surface area contributed by atoms with Crippen molar-refractivity contribution in [1.82, 2.24) is 14.1 Å². The first-order valence-electron chi connectivity index (χ1n) is 9.78. The minimum atomic E-state index is -3.80. The number of hydrogen-bond acceptors (Lipinski definition) is 6. The van der Waals surface area contributed by atoms with E-state index in [9.17, 15) is 18.0 Å². The fraction of sp³-hybridized carbons (Fsp3) is 0.450. The Balaban J connectivity index is 2.15. The molecule has 0 spiro atoms. The number of aryl methyl sites for hydroxylation is 1. The number of ether oxygens (including phenoxy) is 1. The smallest absolute Gasteiger partial charge is 0.249 e. The van der Waals surface area contributed by atoms with Crippen molar-refractivity contribution >= 4 is 27.7 Å². The van der Waals surface area contributed by atoms with Crippen LogP contribution in [0.15, 0.2) is 23.1 Å². The number of anilines is 1. The van der Waals surface area contributed by atoms with Crippen LogP contribution >= 0.6 is 0 Å². The molecule has 3 rings (SSSR count). The van der Waals surface area contributed by atoms with Crippen molar-refractivity contribution < 1.29 is 22.7 Å². The Hall–Kier alpha value is -2.72. The number of aromatic nitrogens is 2. The molecule has 2 heterocycles. The maximum absolute atomic E-state index is 13.2. The molecule has 0 fully saturated rings. The van der Waals surface area contributed by atoms with Gasteiger partial charge in [-0.2, -0.15) is 9.78 Å². The van der Waals surface area contributed by atoms with Gasteiger partial charge >= 0.3 is 0 Å². The topological polar surface area (TPSA) is 111 Å². The lowest BCUT2D eigenvalue weighted by Crippen LogP contribution is -2.28. The van der Waals surface area contributed by atoms with E-state index in [2.05, 4.69) is 10.4 Å². The number of nitrogens with zero attached hydrogens (tertiary/aromatic N) is 3. The summed E-state index contributed by atoms with van der Waals surface area (Å²) in [4.78, 5) is 24.4. The van der Waals surface area contributed by atoms with Crippen molar-refractivity contribution in [2.24, 2.45) is 0 Å². The standard InChI is InChI=1S/C20H26N4O5S/c1-5-6-11-23(3)30(27,28)16-12-14(7-8-15(16)29-4)19-13(2)22-24-18(26)10-9-17(25)21-20(19)24/h7-8,12H,5-6,9-11H2,1-4H3,(H,21,25). The summed E-state index contributed by atoms with van der Waals surface area (Å²) >= 11 is 0. The minimum Gasteiger partial charge on any atom is -0.495 e. The number of carbonyl (C=O) groups is 2. The average molecular weight is 435 g/mol. The summed E-state index contributed by atoms with van der Waals surface area (Å²) < 4.78 is 34.1. The molecule has 9 nitrogen and oxygen atoms in total. The summed E-state index contributed by atoms with van der Waals surface area (Å²) in [5.41, 5.74) is 1.54. The summed E-state index contributed by atoms with van der Waals surface area (Å²) in [5.74, 6) is -0.103. The third-order valence-electron chi connectivity index (χ3n) is 5.09. The zero-order valence-electron chi connectivity index (χ0n) is 17.6. The Labute approximate surface area is 176 Å². The van der Waals surface area contributed by atoms with Gasteiger partial charge in [0.25, 0.3) is 0 Å². The Morgan fingerprint density at radius 3 is 2.67 bits per heavy atom. The van der Waals surface area contributed by atoms with E-state index in [-0.39, 0.29) is 41.1 Å². The van der Waals surface area contributed by atoms with Crippen LogP contribution in [0, 0.1) is 6.92 Å². The van der Waals surface area contributed by atoms with E-state index in [1.165, 1.54) is 29.2 Å². The molecule has 1 aromatic heterocycles. The molecule has 1 amide bonds. The lowest BCUT2D eigenvalue weighted by atomic mass is 10.1. The molecule has 0 radical (unpaired) electrons. The summed E-state index contributed by atoms with van der Waals surface area (Å²) in [6.07, 6.45) is 1.74. The lowest BCUT2D eigenvalue weighted by molar-refractivity contribution is -0.116. The molecule has 1 aliphatic rings. The minimum absolute atomic E-state index is 0.0201. The predicted molar refractivity (Wildman–Crippen MR) is 112 cm³/mol. The van der Waals surface area contributed by atoms with Crippen LogP contribution in [0.1, 0.15) is 43.1 Å². The Bertz CT molecular complexity index is 1090. The van der Waals surface area contributed by atoms with Crippen LogP contribution in [0.3, 0.4) is 0 Å².